The summed E-state index contributed by atoms with van der Waals surface area (Å²) in [5.74, 6) is 1.60. The zero-order chi connectivity index (χ0) is 13.9. The van der Waals surface area contributed by atoms with E-state index in [2.05, 4.69) is 0 Å². The predicted octanol–water partition coefficient (Wildman–Crippen LogP) is 1.94. The number of carbonyl (C=O) groups is 1. The number of hydrogen-bond acceptors (Lipinski definition) is 4. The molecule has 108 valence electrons. The van der Waals surface area contributed by atoms with E-state index in [1.54, 1.807) is 0 Å². The van der Waals surface area contributed by atoms with Gasteiger partial charge >= 0.3 is 0 Å². The Kier molecular flexibility index (Phi) is 3.78. The molecule has 0 aliphatic carbocycles. The molecule has 0 saturated carbocycles. The van der Waals surface area contributed by atoms with Crippen LogP contribution in [0, 0.1) is 0 Å². The van der Waals surface area contributed by atoms with E-state index in [0.717, 1.165) is 29.9 Å². The van der Waals surface area contributed by atoms with Crippen molar-refractivity contribution in [2.24, 2.45) is 0 Å². The van der Waals surface area contributed by atoms with E-state index in [0.29, 0.717) is 19.7 Å². The number of rotatable bonds is 4. The van der Waals surface area contributed by atoms with Gasteiger partial charge in [0.15, 0.2) is 11.5 Å². The molecule has 0 bridgehead atoms. The van der Waals surface area contributed by atoms with Crippen LogP contribution in [-0.2, 0) is 16.1 Å². The second-order valence-corrected chi connectivity index (χ2v) is 5.04. The first kappa shape index (κ1) is 13.2. The summed E-state index contributed by atoms with van der Waals surface area (Å²) in [4.78, 5) is 14.2. The Morgan fingerprint density at radius 2 is 2.20 bits per heavy atom. The van der Waals surface area contributed by atoms with Gasteiger partial charge in [-0.1, -0.05) is 6.07 Å². The molecule has 0 spiro atoms. The molecule has 5 nitrogen and oxygen atoms in total. The third-order valence-electron chi connectivity index (χ3n) is 3.71. The summed E-state index contributed by atoms with van der Waals surface area (Å²) in [5.41, 5.74) is 1.04. The first-order valence-corrected chi connectivity index (χ1v) is 7.07. The molecular formula is C15H19NO4. The normalized spacial score (nSPS) is 20.1. The zero-order valence-electron chi connectivity index (χ0n) is 11.6. The molecule has 0 aromatic heterocycles. The van der Waals surface area contributed by atoms with Crippen LogP contribution in [-0.4, -0.2) is 36.9 Å². The minimum absolute atomic E-state index is 0.0858. The summed E-state index contributed by atoms with van der Waals surface area (Å²) >= 11 is 0. The van der Waals surface area contributed by atoms with Gasteiger partial charge in [-0.3, -0.25) is 4.79 Å². The lowest BCUT2D eigenvalue weighted by Crippen LogP contribution is -2.38. The average molecular weight is 277 g/mol. The molecule has 0 N–H and O–H groups in total. The van der Waals surface area contributed by atoms with E-state index in [9.17, 15) is 4.79 Å². The fourth-order valence-electron chi connectivity index (χ4n) is 2.58. The second-order valence-electron chi connectivity index (χ2n) is 5.04. The number of amides is 1. The summed E-state index contributed by atoms with van der Waals surface area (Å²) in [5, 5.41) is 0. The van der Waals surface area contributed by atoms with Crippen LogP contribution >= 0.6 is 0 Å². The van der Waals surface area contributed by atoms with E-state index in [-0.39, 0.29) is 18.8 Å². The summed E-state index contributed by atoms with van der Waals surface area (Å²) in [6.45, 7) is 4.20. The van der Waals surface area contributed by atoms with E-state index in [1.807, 2.05) is 30.0 Å². The molecule has 3 rings (SSSR count). The van der Waals surface area contributed by atoms with Gasteiger partial charge in [0.05, 0.1) is 0 Å². The van der Waals surface area contributed by atoms with Crippen LogP contribution in [0.25, 0.3) is 0 Å². The Morgan fingerprint density at radius 1 is 1.35 bits per heavy atom. The van der Waals surface area contributed by atoms with Crippen LogP contribution in [0.4, 0.5) is 0 Å². The summed E-state index contributed by atoms with van der Waals surface area (Å²) in [7, 11) is 0. The molecule has 5 heteroatoms. The number of nitrogens with zero attached hydrogens (tertiary/aromatic N) is 1. The SMILES string of the molecule is CCN(Cc1ccc2c(c1)OCO2)C(=O)C1CCCO1. The molecule has 1 fully saturated rings. The molecule has 2 aliphatic heterocycles. The number of hydrogen-bond donors (Lipinski definition) is 0. The number of benzene rings is 1. The van der Waals surface area contributed by atoms with E-state index < -0.39 is 0 Å². The summed E-state index contributed by atoms with van der Waals surface area (Å²) < 4.78 is 16.1. The maximum absolute atomic E-state index is 12.4. The molecule has 1 saturated heterocycles. The lowest BCUT2D eigenvalue weighted by Gasteiger charge is -2.24. The predicted molar refractivity (Wildman–Crippen MR) is 72.6 cm³/mol. The monoisotopic (exact) mass is 277 g/mol. The molecule has 20 heavy (non-hydrogen) atoms. The van der Waals surface area contributed by atoms with Crippen LogP contribution in [0.2, 0.25) is 0 Å². The average Bonchev–Trinajstić information content (AvgIpc) is 3.14. The second kappa shape index (κ2) is 5.71. The van der Waals surface area contributed by atoms with Crippen molar-refractivity contribution in [3.05, 3.63) is 23.8 Å². The molecule has 1 aromatic carbocycles. The minimum Gasteiger partial charge on any atom is -0.454 e. The van der Waals surface area contributed by atoms with Crippen molar-refractivity contribution in [1.82, 2.24) is 4.90 Å². The van der Waals surface area contributed by atoms with Gasteiger partial charge in [0.25, 0.3) is 5.91 Å². The van der Waals surface area contributed by atoms with Crippen LogP contribution < -0.4 is 9.47 Å². The maximum Gasteiger partial charge on any atom is 0.251 e. The van der Waals surface area contributed by atoms with E-state index in [4.69, 9.17) is 14.2 Å². The molecular weight excluding hydrogens is 258 g/mol. The van der Waals surface area contributed by atoms with Crippen LogP contribution in [0.5, 0.6) is 11.5 Å². The highest BCUT2D eigenvalue weighted by Crippen LogP contribution is 2.32. The lowest BCUT2D eigenvalue weighted by atomic mass is 10.1. The van der Waals surface area contributed by atoms with Gasteiger partial charge in [0, 0.05) is 19.7 Å². The number of carbonyl (C=O) groups excluding carboxylic acids is 1. The third-order valence-corrected chi connectivity index (χ3v) is 3.71. The van der Waals surface area contributed by atoms with Gasteiger partial charge < -0.3 is 19.1 Å². The van der Waals surface area contributed by atoms with Gasteiger partial charge in [-0.25, -0.2) is 0 Å². The number of fused-ring (bicyclic) bond motifs is 1. The molecule has 1 atom stereocenters. The fourth-order valence-corrected chi connectivity index (χ4v) is 2.58. The van der Waals surface area contributed by atoms with Crippen molar-refractivity contribution >= 4 is 5.91 Å². The van der Waals surface area contributed by atoms with Crippen molar-refractivity contribution in [3.8, 4) is 11.5 Å². The highest BCUT2D eigenvalue weighted by molar-refractivity contribution is 5.81. The number of likely N-dealkylation sites (N-methyl/N-ethyl adjacent to an activating group) is 1. The molecule has 1 amide bonds. The van der Waals surface area contributed by atoms with Gasteiger partial charge in [0.2, 0.25) is 6.79 Å². The molecule has 2 aliphatic rings. The maximum atomic E-state index is 12.4. The van der Waals surface area contributed by atoms with Crippen LogP contribution in [0.3, 0.4) is 0 Å². The van der Waals surface area contributed by atoms with Crippen LogP contribution in [0.1, 0.15) is 25.3 Å². The first-order valence-electron chi connectivity index (χ1n) is 7.07. The Morgan fingerprint density at radius 3 is 2.95 bits per heavy atom. The minimum atomic E-state index is -0.260. The third kappa shape index (κ3) is 2.58. The molecule has 1 unspecified atom stereocenters. The van der Waals surface area contributed by atoms with Crippen molar-refractivity contribution in [1.29, 1.82) is 0 Å². The fraction of sp³-hybridized carbons (Fsp3) is 0.533. The zero-order valence-corrected chi connectivity index (χ0v) is 11.6. The first-order chi connectivity index (χ1) is 9.78. The Hall–Kier alpha value is -1.75. The van der Waals surface area contributed by atoms with Gasteiger partial charge in [-0.15, -0.1) is 0 Å². The Labute approximate surface area is 118 Å². The molecule has 0 radical (unpaired) electrons. The highest BCUT2D eigenvalue weighted by atomic mass is 16.7. The van der Waals surface area contributed by atoms with Crippen molar-refractivity contribution in [3.63, 3.8) is 0 Å². The largest absolute Gasteiger partial charge is 0.454 e. The summed E-state index contributed by atoms with van der Waals surface area (Å²) in [6.07, 6.45) is 1.54. The molecule has 2 heterocycles. The van der Waals surface area contributed by atoms with Gasteiger partial charge in [0.1, 0.15) is 6.10 Å². The summed E-state index contributed by atoms with van der Waals surface area (Å²) in [6, 6.07) is 5.80. The van der Waals surface area contributed by atoms with Gasteiger partial charge in [-0.2, -0.15) is 0 Å². The standard InChI is InChI=1S/C15H19NO4/c1-2-16(15(17)13-4-3-7-18-13)9-11-5-6-12-14(8-11)20-10-19-12/h5-6,8,13H,2-4,7,9-10H2,1H3. The smallest absolute Gasteiger partial charge is 0.251 e. The quantitative estimate of drug-likeness (QED) is 0.844. The Balaban J connectivity index is 1.69. The van der Waals surface area contributed by atoms with Gasteiger partial charge in [-0.05, 0) is 37.5 Å². The highest BCUT2D eigenvalue weighted by Gasteiger charge is 2.27. The van der Waals surface area contributed by atoms with E-state index >= 15 is 0 Å². The van der Waals surface area contributed by atoms with Crippen LogP contribution in [0.15, 0.2) is 18.2 Å². The Bertz CT molecular complexity index is 497. The lowest BCUT2D eigenvalue weighted by molar-refractivity contribution is -0.141. The van der Waals surface area contributed by atoms with Crippen molar-refractivity contribution < 1.29 is 19.0 Å². The number of ether oxygens (including phenoxy) is 3. The topological polar surface area (TPSA) is 48.0 Å². The molecule has 1 aromatic rings. The van der Waals surface area contributed by atoms with Crippen molar-refractivity contribution in [2.45, 2.75) is 32.4 Å². The van der Waals surface area contributed by atoms with Crippen molar-refractivity contribution in [2.75, 3.05) is 19.9 Å². The van der Waals surface area contributed by atoms with E-state index in [1.165, 1.54) is 0 Å².